The number of alkyl halides is 2. The van der Waals surface area contributed by atoms with Gasteiger partial charge in [-0.25, -0.2) is 13.9 Å². The molecule has 0 amide bonds. The standard InChI is InChI=1S/C29H36F2N8O4S/c1-7-27(40)33-22-16-23(26(43-28(30)31)17-25(22)38(6)15-14-36(2)3)35-29-32-13-12-21(34-29)20-18-39(44(41,42)37(4)5)24-11-9-8-10-19(20)24/h7-13,16-18,27-28,33,40H,1,14-15H2,2-6H3,(H,32,34,35). The molecule has 2 heterocycles. The zero-order chi connectivity index (χ0) is 32.2. The van der Waals surface area contributed by atoms with Gasteiger partial charge < -0.3 is 30.3 Å². The number of aliphatic hydroxyl groups excluding tert-OH is 1. The normalized spacial score (nSPS) is 12.6. The molecule has 236 valence electrons. The van der Waals surface area contributed by atoms with Gasteiger partial charge in [0.15, 0.2) is 5.75 Å². The number of nitrogens with zero attached hydrogens (tertiary/aromatic N) is 6. The number of aliphatic hydroxyl groups is 1. The molecule has 4 rings (SSSR count). The lowest BCUT2D eigenvalue weighted by atomic mass is 10.1. The molecule has 44 heavy (non-hydrogen) atoms. The number of hydrogen-bond donors (Lipinski definition) is 3. The van der Waals surface area contributed by atoms with E-state index in [-0.39, 0.29) is 17.4 Å². The maximum Gasteiger partial charge on any atom is 0.387 e. The number of rotatable bonds is 14. The average molecular weight is 631 g/mol. The first-order chi connectivity index (χ1) is 20.8. The minimum Gasteiger partial charge on any atom is -0.433 e. The predicted octanol–water partition coefficient (Wildman–Crippen LogP) is 4.01. The molecule has 0 aliphatic heterocycles. The topological polar surface area (TPSA) is 128 Å². The molecule has 15 heteroatoms. The van der Waals surface area contributed by atoms with Crippen molar-refractivity contribution in [1.82, 2.24) is 23.1 Å². The predicted molar refractivity (Wildman–Crippen MR) is 169 cm³/mol. The number of anilines is 4. The molecule has 2 aromatic heterocycles. The van der Waals surface area contributed by atoms with Crippen LogP contribution in [0.15, 0.2) is 67.5 Å². The summed E-state index contributed by atoms with van der Waals surface area (Å²) in [5.74, 6) is -0.133. The van der Waals surface area contributed by atoms with Crippen LogP contribution in [0.1, 0.15) is 0 Å². The van der Waals surface area contributed by atoms with Crippen molar-refractivity contribution in [1.29, 1.82) is 0 Å². The third-order valence-electron chi connectivity index (χ3n) is 6.70. The van der Waals surface area contributed by atoms with Gasteiger partial charge in [0.2, 0.25) is 5.95 Å². The zero-order valence-corrected chi connectivity index (χ0v) is 25.9. The van der Waals surface area contributed by atoms with Crippen LogP contribution in [-0.4, -0.2) is 97.8 Å². The average Bonchev–Trinajstić information content (AvgIpc) is 3.37. The molecule has 3 N–H and O–H groups in total. The number of nitrogens with one attached hydrogen (secondary N) is 2. The fourth-order valence-corrected chi connectivity index (χ4v) is 5.39. The Morgan fingerprint density at radius 1 is 1.09 bits per heavy atom. The Kier molecular flexibility index (Phi) is 10.0. The van der Waals surface area contributed by atoms with Gasteiger partial charge in [0.25, 0.3) is 0 Å². The molecule has 2 aromatic carbocycles. The van der Waals surface area contributed by atoms with E-state index < -0.39 is 23.0 Å². The molecule has 1 unspecified atom stereocenters. The number of ether oxygens (including phenoxy) is 1. The van der Waals surface area contributed by atoms with Crippen LogP contribution in [0.2, 0.25) is 0 Å². The molecule has 0 aliphatic rings. The van der Waals surface area contributed by atoms with Gasteiger partial charge in [0, 0.05) is 63.6 Å². The van der Waals surface area contributed by atoms with Crippen molar-refractivity contribution in [3.05, 3.63) is 67.5 Å². The summed E-state index contributed by atoms with van der Waals surface area (Å²) >= 11 is 0. The molecule has 0 spiro atoms. The third-order valence-corrected chi connectivity index (χ3v) is 8.42. The van der Waals surface area contributed by atoms with E-state index in [0.29, 0.717) is 46.6 Å². The van der Waals surface area contributed by atoms with Gasteiger partial charge in [-0.05, 0) is 38.4 Å². The van der Waals surface area contributed by atoms with Crippen LogP contribution in [-0.2, 0) is 10.2 Å². The smallest absolute Gasteiger partial charge is 0.387 e. The van der Waals surface area contributed by atoms with Crippen molar-refractivity contribution in [2.45, 2.75) is 12.8 Å². The maximum absolute atomic E-state index is 13.6. The second kappa shape index (κ2) is 13.5. The summed E-state index contributed by atoms with van der Waals surface area (Å²) < 4.78 is 60.4. The first kappa shape index (κ1) is 32.6. The fourth-order valence-electron chi connectivity index (χ4n) is 4.39. The summed E-state index contributed by atoms with van der Waals surface area (Å²) in [5.41, 5.74) is 2.39. The quantitative estimate of drug-likeness (QED) is 0.139. The highest BCUT2D eigenvalue weighted by Gasteiger charge is 2.23. The Bertz CT molecular complexity index is 1730. The second-order valence-corrected chi connectivity index (χ2v) is 12.3. The summed E-state index contributed by atoms with van der Waals surface area (Å²) in [6, 6.07) is 11.6. The van der Waals surface area contributed by atoms with Crippen molar-refractivity contribution in [3.63, 3.8) is 0 Å². The minimum absolute atomic E-state index is 0.0397. The first-order valence-electron chi connectivity index (χ1n) is 13.5. The molecular weight excluding hydrogens is 594 g/mol. The van der Waals surface area contributed by atoms with Crippen LogP contribution in [0.5, 0.6) is 5.75 Å². The minimum atomic E-state index is -3.84. The maximum atomic E-state index is 13.6. The van der Waals surface area contributed by atoms with Gasteiger partial charge in [-0.2, -0.15) is 21.5 Å². The van der Waals surface area contributed by atoms with Crippen LogP contribution >= 0.6 is 0 Å². The van der Waals surface area contributed by atoms with Crippen LogP contribution < -0.4 is 20.3 Å². The Morgan fingerprint density at radius 3 is 2.48 bits per heavy atom. The number of hydrogen-bond acceptors (Lipinski definition) is 10. The highest BCUT2D eigenvalue weighted by atomic mass is 32.2. The number of para-hydroxylation sites is 1. The summed E-state index contributed by atoms with van der Waals surface area (Å²) in [6.45, 7) is 1.70. The molecule has 0 radical (unpaired) electrons. The van der Waals surface area contributed by atoms with E-state index in [0.717, 1.165) is 4.31 Å². The van der Waals surface area contributed by atoms with Crippen LogP contribution in [0, 0.1) is 0 Å². The van der Waals surface area contributed by atoms with E-state index in [9.17, 15) is 22.3 Å². The monoisotopic (exact) mass is 630 g/mol. The van der Waals surface area contributed by atoms with Gasteiger partial charge >= 0.3 is 16.8 Å². The molecule has 12 nitrogen and oxygen atoms in total. The lowest BCUT2D eigenvalue weighted by molar-refractivity contribution is -0.0493. The molecule has 0 bridgehead atoms. The second-order valence-electron chi connectivity index (χ2n) is 10.3. The van der Waals surface area contributed by atoms with Crippen LogP contribution in [0.3, 0.4) is 0 Å². The van der Waals surface area contributed by atoms with Gasteiger partial charge in [0.05, 0.1) is 28.3 Å². The summed E-state index contributed by atoms with van der Waals surface area (Å²) in [4.78, 5) is 12.7. The van der Waals surface area contributed by atoms with E-state index in [1.807, 2.05) is 23.9 Å². The third kappa shape index (κ3) is 7.24. The van der Waals surface area contributed by atoms with E-state index in [1.54, 1.807) is 37.4 Å². The summed E-state index contributed by atoms with van der Waals surface area (Å²) in [7, 11) is 4.67. The Labute approximate surface area is 255 Å². The lowest BCUT2D eigenvalue weighted by Crippen LogP contribution is -2.29. The molecular formula is C29H36F2N8O4S. The van der Waals surface area contributed by atoms with E-state index >= 15 is 0 Å². The van der Waals surface area contributed by atoms with Gasteiger partial charge in [-0.1, -0.05) is 24.8 Å². The SMILES string of the molecule is C=CC(O)Nc1cc(Nc2nccc(-c3cn(S(=O)(=O)N(C)C)c4ccccc34)n2)c(OC(F)F)cc1N(C)CCN(C)C. The number of benzene rings is 2. The van der Waals surface area contributed by atoms with Crippen molar-refractivity contribution >= 4 is 44.1 Å². The zero-order valence-electron chi connectivity index (χ0n) is 25.1. The Morgan fingerprint density at radius 2 is 1.82 bits per heavy atom. The Hall–Kier alpha value is -4.31. The van der Waals surface area contributed by atoms with Crippen LogP contribution in [0.25, 0.3) is 22.2 Å². The molecule has 1 atom stereocenters. The highest BCUT2D eigenvalue weighted by Crippen LogP contribution is 2.39. The Balaban J connectivity index is 1.79. The van der Waals surface area contributed by atoms with Crippen molar-refractivity contribution < 1.29 is 27.0 Å². The van der Waals surface area contributed by atoms with Crippen molar-refractivity contribution in [2.75, 3.05) is 63.9 Å². The molecule has 0 saturated carbocycles. The highest BCUT2D eigenvalue weighted by molar-refractivity contribution is 7.87. The molecule has 4 aromatic rings. The first-order valence-corrected chi connectivity index (χ1v) is 14.9. The summed E-state index contributed by atoms with van der Waals surface area (Å²) in [5, 5.41) is 16.8. The number of halogens is 2. The molecule has 0 aliphatic carbocycles. The number of fused-ring (bicyclic) bond motifs is 1. The molecule has 0 fully saturated rings. The van der Waals surface area contributed by atoms with Gasteiger partial charge in [-0.3, -0.25) is 0 Å². The number of aromatic nitrogens is 3. The molecule has 0 saturated heterocycles. The van der Waals surface area contributed by atoms with Gasteiger partial charge in [-0.15, -0.1) is 0 Å². The van der Waals surface area contributed by atoms with Crippen LogP contribution in [0.4, 0.5) is 31.8 Å². The van der Waals surface area contributed by atoms with Crippen molar-refractivity contribution in [3.8, 4) is 17.0 Å². The van der Waals surface area contributed by atoms with E-state index in [1.165, 1.54) is 48.7 Å². The number of likely N-dealkylation sites (N-methyl/N-ethyl adjacent to an activating group) is 2. The van der Waals surface area contributed by atoms with Gasteiger partial charge in [0.1, 0.15) is 6.23 Å². The van der Waals surface area contributed by atoms with E-state index in [4.69, 9.17) is 4.74 Å². The summed E-state index contributed by atoms with van der Waals surface area (Å²) in [6.07, 6.45) is 3.12. The lowest BCUT2D eigenvalue weighted by Gasteiger charge is -2.27. The van der Waals surface area contributed by atoms with E-state index in [2.05, 4.69) is 27.2 Å². The fraction of sp³-hybridized carbons (Fsp3) is 0.310. The van der Waals surface area contributed by atoms with Crippen molar-refractivity contribution in [2.24, 2.45) is 0 Å². The largest absolute Gasteiger partial charge is 0.433 e.